The first-order chi connectivity index (χ1) is 23.2. The maximum absolute atomic E-state index is 13.2. The number of aliphatic carboxylic acids is 1. The SMILES string of the molecule is C[C@@H]1O[C@@H](O[C@@H]2CCCC[C@H]2O[C@@H]2O[C@H](CO)[C@H](O)[C@H](O[C@@H](Cn3cc(-c4cccc(C(F)(F)F)c4)nn3)C(=O)O)[C@H]2O)[C@@H](O)[C@H](O)[C@@H]1O. The molecule has 16 nitrogen and oxygen atoms in total. The number of aliphatic hydroxyl groups excluding tert-OH is 6. The van der Waals surface area contributed by atoms with Gasteiger partial charge in [-0.15, -0.1) is 5.10 Å². The van der Waals surface area contributed by atoms with E-state index in [4.69, 9.17) is 23.7 Å². The number of halogens is 3. The van der Waals surface area contributed by atoms with Gasteiger partial charge in [0.1, 0.15) is 48.4 Å². The molecular weight excluding hydrogens is 667 g/mol. The zero-order valence-electron chi connectivity index (χ0n) is 26.2. The Morgan fingerprint density at radius 3 is 2.24 bits per heavy atom. The first-order valence-corrected chi connectivity index (χ1v) is 15.8. The van der Waals surface area contributed by atoms with Crippen LogP contribution in [0.1, 0.15) is 38.2 Å². The molecule has 3 aliphatic rings. The minimum atomic E-state index is -4.60. The summed E-state index contributed by atoms with van der Waals surface area (Å²) in [5, 5.41) is 80.2. The fraction of sp³-hybridized carbons (Fsp3) is 0.700. The highest BCUT2D eigenvalue weighted by molar-refractivity contribution is 5.72. The van der Waals surface area contributed by atoms with Gasteiger partial charge in [-0.05, 0) is 31.9 Å². The van der Waals surface area contributed by atoms with Crippen LogP contribution in [-0.4, -0.2) is 143 Å². The number of carboxylic acid groups (broad SMARTS) is 1. The second-order valence-electron chi connectivity index (χ2n) is 12.4. The molecular formula is C30H40F3N3O13. The van der Waals surface area contributed by atoms with Crippen molar-refractivity contribution in [3.8, 4) is 11.3 Å². The number of hydrogen-bond acceptors (Lipinski definition) is 14. The van der Waals surface area contributed by atoms with Gasteiger partial charge in [-0.1, -0.05) is 30.2 Å². The van der Waals surface area contributed by atoms with E-state index in [0.29, 0.717) is 25.7 Å². The number of nitrogens with zero attached hydrogens (tertiary/aromatic N) is 3. The average Bonchev–Trinajstić information content (AvgIpc) is 3.54. The van der Waals surface area contributed by atoms with E-state index in [2.05, 4.69) is 10.3 Å². The van der Waals surface area contributed by atoms with Gasteiger partial charge in [0, 0.05) is 5.56 Å². The lowest BCUT2D eigenvalue weighted by Gasteiger charge is -2.45. The zero-order valence-corrected chi connectivity index (χ0v) is 26.2. The van der Waals surface area contributed by atoms with Crippen molar-refractivity contribution in [1.29, 1.82) is 0 Å². The second-order valence-corrected chi connectivity index (χ2v) is 12.4. The van der Waals surface area contributed by atoms with Crippen LogP contribution in [-0.2, 0) is 41.2 Å². The van der Waals surface area contributed by atoms with Crippen LogP contribution in [0.3, 0.4) is 0 Å². The number of rotatable bonds is 11. The molecule has 0 amide bonds. The summed E-state index contributed by atoms with van der Waals surface area (Å²) in [5.41, 5.74) is -0.818. The van der Waals surface area contributed by atoms with Gasteiger partial charge in [-0.3, -0.25) is 0 Å². The Labute approximate surface area is 277 Å². The molecule has 1 aliphatic carbocycles. The van der Waals surface area contributed by atoms with E-state index in [1.54, 1.807) is 0 Å². The quantitative estimate of drug-likeness (QED) is 0.155. The van der Waals surface area contributed by atoms with Gasteiger partial charge in [0.25, 0.3) is 0 Å². The number of carboxylic acids is 1. The van der Waals surface area contributed by atoms with E-state index < -0.39 is 111 Å². The van der Waals surface area contributed by atoms with Crippen molar-refractivity contribution in [3.05, 3.63) is 36.0 Å². The van der Waals surface area contributed by atoms with E-state index in [0.717, 1.165) is 16.8 Å². The van der Waals surface area contributed by atoms with Crippen molar-refractivity contribution < 1.29 is 77.4 Å². The highest BCUT2D eigenvalue weighted by Crippen LogP contribution is 2.34. The second kappa shape index (κ2) is 15.6. The van der Waals surface area contributed by atoms with Crippen LogP contribution in [0.4, 0.5) is 13.2 Å². The van der Waals surface area contributed by atoms with Crippen molar-refractivity contribution in [2.75, 3.05) is 6.61 Å². The lowest BCUT2D eigenvalue weighted by molar-refractivity contribution is -0.345. The largest absolute Gasteiger partial charge is 0.479 e. The van der Waals surface area contributed by atoms with Crippen LogP contribution < -0.4 is 0 Å². The fourth-order valence-electron chi connectivity index (χ4n) is 6.08. The summed E-state index contributed by atoms with van der Waals surface area (Å²) in [6.45, 7) is 0.203. The Hall–Kier alpha value is -2.82. The van der Waals surface area contributed by atoms with Gasteiger partial charge >= 0.3 is 12.1 Å². The highest BCUT2D eigenvalue weighted by Gasteiger charge is 2.50. The van der Waals surface area contributed by atoms with Crippen LogP contribution in [0.5, 0.6) is 0 Å². The number of ether oxygens (including phenoxy) is 5. The summed E-state index contributed by atoms with van der Waals surface area (Å²) < 4.78 is 69.4. The first-order valence-electron chi connectivity index (χ1n) is 15.8. The van der Waals surface area contributed by atoms with Crippen LogP contribution >= 0.6 is 0 Å². The molecule has 49 heavy (non-hydrogen) atoms. The van der Waals surface area contributed by atoms with Crippen molar-refractivity contribution in [1.82, 2.24) is 15.0 Å². The molecule has 3 heterocycles. The number of carbonyl (C=O) groups is 1. The Kier molecular flexibility index (Phi) is 11.9. The predicted molar refractivity (Wildman–Crippen MR) is 155 cm³/mol. The predicted octanol–water partition coefficient (Wildman–Crippen LogP) is -0.587. The fourth-order valence-corrected chi connectivity index (χ4v) is 6.08. The summed E-state index contributed by atoms with van der Waals surface area (Å²) in [4.78, 5) is 12.2. The summed E-state index contributed by atoms with van der Waals surface area (Å²) in [5.74, 6) is -1.53. The third-order valence-electron chi connectivity index (χ3n) is 8.86. The lowest BCUT2D eigenvalue weighted by atomic mass is 9.93. The van der Waals surface area contributed by atoms with Crippen LogP contribution in [0.25, 0.3) is 11.3 Å². The first kappa shape index (κ1) is 37.4. The Morgan fingerprint density at radius 2 is 1.63 bits per heavy atom. The van der Waals surface area contributed by atoms with Gasteiger partial charge in [0.15, 0.2) is 18.7 Å². The lowest BCUT2D eigenvalue weighted by Crippen LogP contribution is -2.62. The zero-order chi connectivity index (χ0) is 35.6. The van der Waals surface area contributed by atoms with E-state index in [1.807, 2.05) is 0 Å². The molecule has 1 aromatic heterocycles. The highest BCUT2D eigenvalue weighted by atomic mass is 19.4. The number of alkyl halides is 3. The van der Waals surface area contributed by atoms with Crippen molar-refractivity contribution in [3.63, 3.8) is 0 Å². The third-order valence-corrected chi connectivity index (χ3v) is 8.86. The third kappa shape index (κ3) is 8.56. The van der Waals surface area contributed by atoms with E-state index in [9.17, 15) is 53.7 Å². The molecule has 0 bridgehead atoms. The molecule has 7 N–H and O–H groups in total. The standard InChI is InChI=1S/C30H40F3N3O13/c1-13-21(38)23(40)24(41)28(45-13)47-17-7-2-3-8-18(17)48-29-25(42)26(22(39)20(12-37)49-29)46-19(27(43)44)11-36-10-16(34-35-36)14-5-4-6-15(9-14)30(31,32)33/h4-6,9-10,13,17-26,28-29,37-42H,2-3,7-8,11-12H2,1H3,(H,43,44)/t13-,17+,18+,19-,20+,21+,22-,23+,24-,25+,26-,28-,29+/m0/s1. The smallest absolute Gasteiger partial charge is 0.416 e. The summed E-state index contributed by atoms with van der Waals surface area (Å²) in [7, 11) is 0. The number of aliphatic hydroxyl groups is 6. The molecule has 2 aromatic rings. The van der Waals surface area contributed by atoms with Gasteiger partial charge in [-0.25, -0.2) is 9.48 Å². The molecule has 13 atom stereocenters. The summed E-state index contributed by atoms with van der Waals surface area (Å²) >= 11 is 0. The minimum Gasteiger partial charge on any atom is -0.479 e. The van der Waals surface area contributed by atoms with Crippen LogP contribution in [0, 0.1) is 0 Å². The Balaban J connectivity index is 1.28. The minimum absolute atomic E-state index is 0.0192. The molecule has 274 valence electrons. The van der Waals surface area contributed by atoms with E-state index >= 15 is 0 Å². The maximum atomic E-state index is 13.2. The molecule has 0 unspecified atom stereocenters. The van der Waals surface area contributed by atoms with Gasteiger partial charge in [0.2, 0.25) is 0 Å². The van der Waals surface area contributed by atoms with E-state index in [1.165, 1.54) is 25.3 Å². The maximum Gasteiger partial charge on any atom is 0.416 e. The molecule has 1 aromatic carbocycles. The molecule has 1 saturated carbocycles. The number of hydrogen-bond donors (Lipinski definition) is 7. The number of aromatic nitrogens is 3. The van der Waals surface area contributed by atoms with Gasteiger partial charge in [0.05, 0.1) is 43.2 Å². The average molecular weight is 708 g/mol. The van der Waals surface area contributed by atoms with Crippen molar-refractivity contribution in [2.24, 2.45) is 0 Å². The number of benzene rings is 1. The normalized spacial score (nSPS) is 36.4. The molecule has 3 fully saturated rings. The van der Waals surface area contributed by atoms with Gasteiger partial charge < -0.3 is 59.4 Å². The topological polar surface area (TPSA) is 236 Å². The molecule has 5 rings (SSSR count). The monoisotopic (exact) mass is 707 g/mol. The Morgan fingerprint density at radius 1 is 0.980 bits per heavy atom. The van der Waals surface area contributed by atoms with Crippen molar-refractivity contribution in [2.45, 2.75) is 125 Å². The molecule has 2 saturated heterocycles. The molecule has 0 spiro atoms. The summed E-state index contributed by atoms with van der Waals surface area (Å²) in [6.07, 6.45) is -19.3. The van der Waals surface area contributed by atoms with E-state index in [-0.39, 0.29) is 11.3 Å². The molecule has 0 radical (unpaired) electrons. The van der Waals surface area contributed by atoms with Crippen LogP contribution in [0.15, 0.2) is 30.5 Å². The van der Waals surface area contributed by atoms with Crippen LogP contribution in [0.2, 0.25) is 0 Å². The Bertz CT molecular complexity index is 1400. The van der Waals surface area contributed by atoms with Crippen molar-refractivity contribution >= 4 is 5.97 Å². The summed E-state index contributed by atoms with van der Waals surface area (Å²) in [6, 6.07) is 4.32. The molecule has 19 heteroatoms. The van der Waals surface area contributed by atoms with Gasteiger partial charge in [-0.2, -0.15) is 13.2 Å². The molecule has 2 aliphatic heterocycles.